The molecule has 0 aliphatic heterocycles. The number of anilines is 1. The summed E-state index contributed by atoms with van der Waals surface area (Å²) in [7, 11) is 0. The van der Waals surface area contributed by atoms with Crippen molar-refractivity contribution in [2.45, 2.75) is 18.3 Å². The maximum atomic E-state index is 12.8. The van der Waals surface area contributed by atoms with E-state index in [1.807, 2.05) is 30.3 Å². The number of aryl methyl sites for hydroxylation is 1. The van der Waals surface area contributed by atoms with Crippen molar-refractivity contribution in [2.75, 3.05) is 11.1 Å². The Hall–Kier alpha value is -2.52. The Morgan fingerprint density at radius 2 is 1.89 bits per heavy atom. The molecule has 0 fully saturated rings. The van der Waals surface area contributed by atoms with Crippen LogP contribution in [0.1, 0.15) is 11.4 Å². The smallest absolute Gasteiger partial charge is 0.324 e. The summed E-state index contributed by atoms with van der Waals surface area (Å²) < 4.78 is 40.3. The fourth-order valence-electron chi connectivity index (χ4n) is 2.42. The van der Waals surface area contributed by atoms with Gasteiger partial charge in [0, 0.05) is 5.69 Å². The van der Waals surface area contributed by atoms with Gasteiger partial charge in [-0.05, 0) is 37.3 Å². The monoisotopic (exact) mass is 426 g/mol. The van der Waals surface area contributed by atoms with Crippen molar-refractivity contribution in [1.29, 1.82) is 0 Å². The van der Waals surface area contributed by atoms with Gasteiger partial charge in [-0.3, -0.25) is 9.36 Å². The molecule has 1 amide bonds. The van der Waals surface area contributed by atoms with Gasteiger partial charge in [-0.2, -0.15) is 13.2 Å². The van der Waals surface area contributed by atoms with Crippen molar-refractivity contribution in [1.82, 2.24) is 14.8 Å². The molecular weight excluding hydrogens is 413 g/mol. The van der Waals surface area contributed by atoms with Crippen LogP contribution in [0.25, 0.3) is 5.69 Å². The van der Waals surface area contributed by atoms with E-state index in [2.05, 4.69) is 15.5 Å². The number of hydrogen-bond donors (Lipinski definition) is 1. The van der Waals surface area contributed by atoms with Gasteiger partial charge < -0.3 is 5.32 Å². The number of halogens is 4. The first-order chi connectivity index (χ1) is 13.3. The zero-order valence-corrected chi connectivity index (χ0v) is 16.1. The summed E-state index contributed by atoms with van der Waals surface area (Å²) in [5.41, 5.74) is -0.143. The maximum absolute atomic E-state index is 12.8. The van der Waals surface area contributed by atoms with E-state index in [1.54, 1.807) is 11.5 Å². The third kappa shape index (κ3) is 4.66. The van der Waals surface area contributed by atoms with E-state index in [0.29, 0.717) is 11.0 Å². The fourth-order valence-corrected chi connectivity index (χ4v) is 3.39. The van der Waals surface area contributed by atoms with Crippen molar-refractivity contribution in [3.63, 3.8) is 0 Å². The molecule has 0 aliphatic rings. The third-order valence-corrected chi connectivity index (χ3v) is 4.97. The molecule has 1 heterocycles. The molecule has 0 atom stereocenters. The van der Waals surface area contributed by atoms with Crippen molar-refractivity contribution >= 4 is 35.0 Å². The van der Waals surface area contributed by atoms with Gasteiger partial charge in [0.25, 0.3) is 0 Å². The van der Waals surface area contributed by atoms with Crippen LogP contribution in [-0.2, 0) is 11.0 Å². The summed E-state index contributed by atoms with van der Waals surface area (Å²) in [5, 5.41) is 11.0. The molecule has 0 spiro atoms. The molecule has 146 valence electrons. The molecule has 10 heteroatoms. The zero-order valence-electron chi connectivity index (χ0n) is 14.5. The highest BCUT2D eigenvalue weighted by atomic mass is 35.5. The molecule has 3 rings (SSSR count). The molecule has 0 saturated carbocycles. The van der Waals surface area contributed by atoms with Crippen LogP contribution in [0.5, 0.6) is 0 Å². The number of nitrogens with zero attached hydrogens (tertiary/aromatic N) is 3. The molecule has 28 heavy (non-hydrogen) atoms. The Labute approximate surface area is 167 Å². The van der Waals surface area contributed by atoms with Crippen molar-refractivity contribution < 1.29 is 18.0 Å². The predicted molar refractivity (Wildman–Crippen MR) is 102 cm³/mol. The number of para-hydroxylation sites is 1. The van der Waals surface area contributed by atoms with Crippen LogP contribution in [0, 0.1) is 6.92 Å². The first kappa shape index (κ1) is 20.2. The van der Waals surface area contributed by atoms with Crippen LogP contribution in [0.3, 0.4) is 0 Å². The molecule has 0 saturated heterocycles. The average Bonchev–Trinajstić information content (AvgIpc) is 3.02. The molecule has 3 aromatic rings. The van der Waals surface area contributed by atoms with Gasteiger partial charge in [-0.15, -0.1) is 10.2 Å². The Balaban J connectivity index is 1.71. The molecule has 2 aromatic carbocycles. The standard InChI is InChI=1S/C18H14ClF3N4OS/c1-11-24-25-17(26(11)13-5-3-2-4-6-13)28-10-16(27)23-15-9-12(18(20,21)22)7-8-14(15)19/h2-9H,10H2,1H3,(H,23,27). The first-order valence-corrected chi connectivity index (χ1v) is 9.39. The van der Waals surface area contributed by atoms with Crippen LogP contribution in [0.4, 0.5) is 18.9 Å². The number of rotatable bonds is 5. The minimum absolute atomic E-state index is 0.0228. The summed E-state index contributed by atoms with van der Waals surface area (Å²) in [6.45, 7) is 1.78. The quantitative estimate of drug-likeness (QED) is 0.584. The van der Waals surface area contributed by atoms with Crippen LogP contribution in [0.2, 0.25) is 5.02 Å². The second-order valence-corrected chi connectivity index (χ2v) is 7.08. The number of carbonyl (C=O) groups excluding carboxylic acids is 1. The van der Waals surface area contributed by atoms with Crippen LogP contribution >= 0.6 is 23.4 Å². The number of amides is 1. The summed E-state index contributed by atoms with van der Waals surface area (Å²) in [6.07, 6.45) is -4.53. The van der Waals surface area contributed by atoms with E-state index in [9.17, 15) is 18.0 Å². The van der Waals surface area contributed by atoms with Gasteiger partial charge in [0.1, 0.15) is 5.82 Å². The number of benzene rings is 2. The van der Waals surface area contributed by atoms with Gasteiger partial charge in [0.2, 0.25) is 5.91 Å². The van der Waals surface area contributed by atoms with Gasteiger partial charge in [-0.25, -0.2) is 0 Å². The number of nitrogens with one attached hydrogen (secondary N) is 1. The van der Waals surface area contributed by atoms with E-state index in [-0.39, 0.29) is 16.5 Å². The summed E-state index contributed by atoms with van der Waals surface area (Å²) >= 11 is 7.02. The summed E-state index contributed by atoms with van der Waals surface area (Å²) in [6, 6.07) is 12.1. The zero-order chi connectivity index (χ0) is 20.3. The highest BCUT2D eigenvalue weighted by molar-refractivity contribution is 7.99. The molecule has 1 N–H and O–H groups in total. The lowest BCUT2D eigenvalue weighted by atomic mass is 10.2. The predicted octanol–water partition coefficient (Wildman–Crippen LogP) is 4.98. The van der Waals surface area contributed by atoms with Crippen LogP contribution in [0.15, 0.2) is 53.7 Å². The van der Waals surface area contributed by atoms with Gasteiger partial charge in [-0.1, -0.05) is 41.6 Å². The normalized spacial score (nSPS) is 11.5. The van der Waals surface area contributed by atoms with E-state index < -0.39 is 17.6 Å². The van der Waals surface area contributed by atoms with Crippen LogP contribution in [-0.4, -0.2) is 26.4 Å². The van der Waals surface area contributed by atoms with Crippen LogP contribution < -0.4 is 5.32 Å². The van der Waals surface area contributed by atoms with E-state index in [4.69, 9.17) is 11.6 Å². The average molecular weight is 427 g/mol. The van der Waals surface area contributed by atoms with Crippen molar-refractivity contribution in [3.8, 4) is 5.69 Å². The second kappa shape index (κ2) is 8.24. The number of hydrogen-bond acceptors (Lipinski definition) is 4. The van der Waals surface area contributed by atoms with E-state index >= 15 is 0 Å². The lowest BCUT2D eigenvalue weighted by molar-refractivity contribution is -0.137. The summed E-state index contributed by atoms with van der Waals surface area (Å²) in [4.78, 5) is 12.2. The lowest BCUT2D eigenvalue weighted by Gasteiger charge is -2.12. The highest BCUT2D eigenvalue weighted by Crippen LogP contribution is 2.34. The van der Waals surface area contributed by atoms with Crippen molar-refractivity contribution in [3.05, 3.63) is 64.9 Å². The topological polar surface area (TPSA) is 59.8 Å². The van der Waals surface area contributed by atoms with Gasteiger partial charge in [0.15, 0.2) is 5.16 Å². The third-order valence-electron chi connectivity index (χ3n) is 3.71. The Morgan fingerprint density at radius 1 is 1.18 bits per heavy atom. The van der Waals surface area contributed by atoms with Gasteiger partial charge >= 0.3 is 6.18 Å². The molecule has 1 aromatic heterocycles. The SMILES string of the molecule is Cc1nnc(SCC(=O)Nc2cc(C(F)(F)F)ccc2Cl)n1-c1ccccc1. The first-order valence-electron chi connectivity index (χ1n) is 8.02. The molecule has 0 bridgehead atoms. The Bertz CT molecular complexity index is 992. The van der Waals surface area contributed by atoms with Crippen molar-refractivity contribution in [2.24, 2.45) is 0 Å². The Morgan fingerprint density at radius 3 is 2.57 bits per heavy atom. The molecule has 0 radical (unpaired) electrons. The van der Waals surface area contributed by atoms with E-state index in [1.165, 1.54) is 0 Å². The van der Waals surface area contributed by atoms with E-state index in [0.717, 1.165) is 35.6 Å². The number of alkyl halides is 3. The molecule has 5 nitrogen and oxygen atoms in total. The number of thioether (sulfide) groups is 1. The fraction of sp³-hybridized carbons (Fsp3) is 0.167. The summed E-state index contributed by atoms with van der Waals surface area (Å²) in [5.74, 6) is 0.0684. The highest BCUT2D eigenvalue weighted by Gasteiger charge is 2.31. The second-order valence-electron chi connectivity index (χ2n) is 5.73. The minimum atomic E-state index is -4.53. The molecule has 0 unspecified atom stereocenters. The lowest BCUT2D eigenvalue weighted by Crippen LogP contribution is -2.16. The molecular formula is C18H14ClF3N4OS. The number of carbonyl (C=O) groups is 1. The number of aromatic nitrogens is 3. The minimum Gasteiger partial charge on any atom is -0.324 e. The maximum Gasteiger partial charge on any atom is 0.416 e. The van der Waals surface area contributed by atoms with Gasteiger partial charge in [0.05, 0.1) is 22.0 Å². The largest absolute Gasteiger partial charge is 0.416 e. The molecule has 0 aliphatic carbocycles. The Kier molecular flexibility index (Phi) is 5.95.